The van der Waals surface area contributed by atoms with E-state index >= 15 is 0 Å². The van der Waals surface area contributed by atoms with E-state index in [0.29, 0.717) is 0 Å². The van der Waals surface area contributed by atoms with Crippen molar-refractivity contribution in [3.8, 4) is 0 Å². The molecule has 0 amide bonds. The van der Waals surface area contributed by atoms with Crippen molar-refractivity contribution < 1.29 is 49.0 Å². The van der Waals surface area contributed by atoms with E-state index in [1.807, 2.05) is 0 Å². The lowest BCUT2D eigenvalue weighted by Crippen LogP contribution is -2.71. The summed E-state index contributed by atoms with van der Waals surface area (Å²) in [5, 5.41) is 0. The lowest BCUT2D eigenvalue weighted by Gasteiger charge is -2.51. The minimum absolute atomic E-state index is 1.12. The van der Waals surface area contributed by atoms with Gasteiger partial charge in [-0.2, -0.15) is 0 Å². The van der Waals surface area contributed by atoms with Gasteiger partial charge in [0.2, 0.25) is 0 Å². The van der Waals surface area contributed by atoms with Gasteiger partial charge in [-0.25, -0.2) is 39.5 Å². The van der Waals surface area contributed by atoms with E-state index in [-0.39, 0.29) is 0 Å². The first-order valence-corrected chi connectivity index (χ1v) is 5.53. The molecule has 1 atom stereocenters. The topological polar surface area (TPSA) is 18.5 Å². The fourth-order valence-electron chi connectivity index (χ4n) is 2.19. The van der Waals surface area contributed by atoms with Crippen molar-refractivity contribution in [1.29, 1.82) is 0 Å². The van der Waals surface area contributed by atoms with Gasteiger partial charge in [0.15, 0.2) is 25.4 Å². The zero-order valence-electron chi connectivity index (χ0n) is 10.3. The minimum Gasteiger partial charge on any atom is -0.354 e. The van der Waals surface area contributed by atoms with Crippen LogP contribution in [0.3, 0.4) is 0 Å². The summed E-state index contributed by atoms with van der Waals surface area (Å²) in [5.41, 5.74) is -4.38. The molecule has 126 valence electrons. The highest BCUT2D eigenvalue weighted by Crippen LogP contribution is 2.57. The van der Waals surface area contributed by atoms with Crippen molar-refractivity contribution in [2.24, 2.45) is 5.41 Å². The summed E-state index contributed by atoms with van der Waals surface area (Å²) in [5.74, 6) is -15.1. The Bertz CT molecular complexity index is 344. The second kappa shape index (κ2) is 5.82. The summed E-state index contributed by atoms with van der Waals surface area (Å²) in [7, 11) is 0. The van der Waals surface area contributed by atoms with Crippen molar-refractivity contribution in [2.45, 2.75) is 23.9 Å². The van der Waals surface area contributed by atoms with E-state index in [4.69, 9.17) is 0 Å². The van der Waals surface area contributed by atoms with Gasteiger partial charge in [-0.1, -0.05) is 0 Å². The third-order valence-electron chi connectivity index (χ3n) is 3.30. The Hall–Kier alpha value is -0.710. The molecular weight excluding hydrogens is 323 g/mol. The van der Waals surface area contributed by atoms with Crippen LogP contribution in [-0.2, 0) is 9.47 Å². The van der Waals surface area contributed by atoms with Gasteiger partial charge in [0.05, 0.1) is 6.61 Å². The van der Waals surface area contributed by atoms with Crippen molar-refractivity contribution in [3.05, 3.63) is 0 Å². The predicted molar refractivity (Wildman–Crippen MR) is 50.9 cm³/mol. The van der Waals surface area contributed by atoms with Crippen LogP contribution in [0.5, 0.6) is 0 Å². The maximum Gasteiger partial charge on any atom is 0.302 e. The lowest BCUT2D eigenvalue weighted by molar-refractivity contribution is -0.380. The van der Waals surface area contributed by atoms with Gasteiger partial charge in [-0.3, -0.25) is 0 Å². The molecule has 0 radical (unpaired) electrons. The number of hydrogen-bond donors (Lipinski definition) is 0. The Labute approximate surface area is 113 Å². The van der Waals surface area contributed by atoms with Gasteiger partial charge in [0.1, 0.15) is 12.9 Å². The predicted octanol–water partition coefficient (Wildman–Crippen LogP) is 3.16. The first-order chi connectivity index (χ1) is 9.52. The van der Waals surface area contributed by atoms with Gasteiger partial charge in [0.25, 0.3) is 11.8 Å². The Balaban J connectivity index is 3.52. The largest absolute Gasteiger partial charge is 0.354 e. The van der Waals surface area contributed by atoms with E-state index in [1.54, 1.807) is 0 Å². The van der Waals surface area contributed by atoms with Gasteiger partial charge in [-0.05, 0) is 0 Å². The Morgan fingerprint density at radius 1 is 0.857 bits per heavy atom. The third-order valence-corrected chi connectivity index (χ3v) is 3.30. The lowest BCUT2D eigenvalue weighted by atomic mass is 9.69. The first-order valence-electron chi connectivity index (χ1n) is 5.53. The molecule has 21 heavy (non-hydrogen) atoms. The first kappa shape index (κ1) is 18.3. The maximum absolute atomic E-state index is 13.7. The van der Waals surface area contributed by atoms with E-state index < -0.39 is 62.7 Å². The smallest absolute Gasteiger partial charge is 0.302 e. The van der Waals surface area contributed by atoms with Gasteiger partial charge in [0, 0.05) is 0 Å². The molecule has 0 aromatic rings. The van der Waals surface area contributed by atoms with E-state index in [1.165, 1.54) is 0 Å². The van der Waals surface area contributed by atoms with E-state index in [0.717, 1.165) is 0 Å². The number of rotatable bonds is 6. The average Bonchev–Trinajstić information content (AvgIpc) is 2.46. The number of ether oxygens (including phenoxy) is 2. The number of halogens is 9. The second-order valence-electron chi connectivity index (χ2n) is 4.56. The average molecular weight is 334 g/mol. The van der Waals surface area contributed by atoms with Crippen LogP contribution in [0, 0.1) is 5.41 Å². The highest BCUT2D eigenvalue weighted by molar-refractivity contribution is 5.11. The fraction of sp³-hybridized carbons (Fsp3) is 1.00. The summed E-state index contributed by atoms with van der Waals surface area (Å²) >= 11 is 0. The molecule has 0 spiro atoms. The normalized spacial score (nSPS) is 24.1. The van der Waals surface area contributed by atoms with E-state index in [2.05, 4.69) is 9.47 Å². The Morgan fingerprint density at radius 2 is 1.33 bits per heavy atom. The van der Waals surface area contributed by atoms with Crippen molar-refractivity contribution in [3.63, 3.8) is 0 Å². The van der Waals surface area contributed by atoms with E-state index in [9.17, 15) is 39.5 Å². The van der Waals surface area contributed by atoms with Crippen LogP contribution >= 0.6 is 0 Å². The second-order valence-corrected chi connectivity index (χ2v) is 4.56. The molecule has 0 saturated carbocycles. The summed E-state index contributed by atoms with van der Waals surface area (Å²) in [6.07, 6.45) is -3.46. The molecule has 0 aromatic carbocycles. The maximum atomic E-state index is 13.7. The molecule has 1 unspecified atom stereocenters. The minimum atomic E-state index is -5.13. The van der Waals surface area contributed by atoms with Crippen molar-refractivity contribution in [2.75, 3.05) is 33.4 Å². The molecule has 0 aromatic heterocycles. The number of alkyl halides is 9. The van der Waals surface area contributed by atoms with Gasteiger partial charge >= 0.3 is 5.92 Å². The molecular formula is C10H11F9O2. The molecule has 1 heterocycles. The molecule has 0 N–H and O–H groups in total. The molecule has 11 heteroatoms. The van der Waals surface area contributed by atoms with Crippen LogP contribution in [0.2, 0.25) is 0 Å². The third kappa shape index (κ3) is 2.69. The monoisotopic (exact) mass is 334 g/mol. The van der Waals surface area contributed by atoms with Crippen molar-refractivity contribution in [1.82, 2.24) is 0 Å². The summed E-state index contributed by atoms with van der Waals surface area (Å²) in [6, 6.07) is 0. The highest BCUT2D eigenvalue weighted by atomic mass is 19.3. The molecule has 2 nitrogen and oxygen atoms in total. The summed E-state index contributed by atoms with van der Waals surface area (Å²) in [6.45, 7) is -11.2. The Kier molecular flexibility index (Phi) is 5.09. The molecule has 1 aliphatic heterocycles. The molecule has 1 saturated heterocycles. The summed E-state index contributed by atoms with van der Waals surface area (Å²) in [4.78, 5) is 0. The molecule has 0 bridgehead atoms. The SMILES string of the molecule is FCC(F)(F)C1OCOCC1(C(F)(F)CF)C(F)(F)CF. The Morgan fingerprint density at radius 3 is 1.71 bits per heavy atom. The zero-order valence-corrected chi connectivity index (χ0v) is 10.3. The van der Waals surface area contributed by atoms with Crippen LogP contribution in [0.15, 0.2) is 0 Å². The summed E-state index contributed by atoms with van der Waals surface area (Å²) < 4.78 is 127. The highest BCUT2D eigenvalue weighted by Gasteiger charge is 2.77. The van der Waals surface area contributed by atoms with Crippen LogP contribution < -0.4 is 0 Å². The molecule has 1 aliphatic rings. The quantitative estimate of drug-likeness (QED) is 0.695. The van der Waals surface area contributed by atoms with Crippen LogP contribution in [0.4, 0.5) is 39.5 Å². The van der Waals surface area contributed by atoms with Gasteiger partial charge in [-0.15, -0.1) is 0 Å². The zero-order chi connectivity index (χ0) is 16.5. The van der Waals surface area contributed by atoms with Crippen LogP contribution in [0.1, 0.15) is 0 Å². The standard InChI is InChI=1S/C10H11F9O2/c11-1-8(14,15)6-7(4-20-5-21-6,9(16,17)2-12)10(18,19)3-13/h6H,1-5H2. The van der Waals surface area contributed by atoms with Crippen molar-refractivity contribution >= 4 is 0 Å². The van der Waals surface area contributed by atoms with Crippen LogP contribution in [-0.4, -0.2) is 57.3 Å². The molecule has 1 fully saturated rings. The molecule has 1 rings (SSSR count). The molecule has 0 aliphatic carbocycles. The number of hydrogen-bond acceptors (Lipinski definition) is 2. The van der Waals surface area contributed by atoms with Gasteiger partial charge < -0.3 is 9.47 Å². The van der Waals surface area contributed by atoms with Crippen LogP contribution in [0.25, 0.3) is 0 Å². The fourth-order valence-corrected chi connectivity index (χ4v) is 2.19.